The molecule has 2 aliphatic heterocycles. The van der Waals surface area contributed by atoms with E-state index < -0.39 is 62.9 Å². The molecule has 0 unspecified atom stereocenters. The van der Waals surface area contributed by atoms with Gasteiger partial charge < -0.3 is 39.4 Å². The summed E-state index contributed by atoms with van der Waals surface area (Å²) in [4.78, 5) is 64.7. The maximum absolute atomic E-state index is 14.6. The molecule has 7 rings (SSSR count). The van der Waals surface area contributed by atoms with Gasteiger partial charge in [-0.1, -0.05) is 38.1 Å². The van der Waals surface area contributed by atoms with Gasteiger partial charge in [0.2, 0.25) is 18.6 Å². The van der Waals surface area contributed by atoms with Crippen LogP contribution >= 0.6 is 0 Å². The van der Waals surface area contributed by atoms with Crippen molar-refractivity contribution in [1.29, 1.82) is 0 Å². The average Bonchev–Trinajstić information content (AvgIpc) is 3.51. The summed E-state index contributed by atoms with van der Waals surface area (Å²) in [6.45, 7) is 15.8. The van der Waals surface area contributed by atoms with Crippen LogP contribution in [0.2, 0.25) is 0 Å². The molecule has 17 heteroatoms. The summed E-state index contributed by atoms with van der Waals surface area (Å²) in [6.07, 6.45) is 0.672. The fraction of sp³-hybridized carbons (Fsp3) is 0.413. The number of sulfonamides is 1. The summed E-state index contributed by atoms with van der Waals surface area (Å²) in [7, 11) is -2.75. The Hall–Kier alpha value is -6.36. The van der Waals surface area contributed by atoms with E-state index in [0.29, 0.717) is 52.7 Å². The van der Waals surface area contributed by atoms with Crippen molar-refractivity contribution < 1.29 is 46.5 Å². The van der Waals surface area contributed by atoms with Crippen LogP contribution in [0.15, 0.2) is 90.3 Å². The highest BCUT2D eigenvalue weighted by atomic mass is 32.2. The second kappa shape index (κ2) is 17.4. The Morgan fingerprint density at radius 2 is 1.71 bits per heavy atom. The van der Waals surface area contributed by atoms with Gasteiger partial charge in [0.15, 0.2) is 11.5 Å². The summed E-state index contributed by atoms with van der Waals surface area (Å²) in [5, 5.41) is 6.34. The first-order chi connectivity index (χ1) is 29.8. The van der Waals surface area contributed by atoms with E-state index in [1.54, 1.807) is 49.3 Å². The third kappa shape index (κ3) is 9.24. The number of hydrogen-bond acceptors (Lipinski definition) is 11. The lowest BCUT2D eigenvalue weighted by Gasteiger charge is -2.35. The number of carbonyl (C=O) groups is 4. The number of nitrogens with one attached hydrogen (secondary N) is 3. The molecule has 3 aliphatic rings. The monoisotopic (exact) mass is 882 g/mol. The maximum atomic E-state index is 14.6. The normalized spacial score (nSPS) is 19.6. The highest BCUT2D eigenvalue weighted by Gasteiger charge is 2.61. The Labute approximate surface area is 367 Å². The number of benzene rings is 3. The number of fused-ring (bicyclic) bond motifs is 2. The van der Waals surface area contributed by atoms with Gasteiger partial charge in [0.1, 0.15) is 29.1 Å². The summed E-state index contributed by atoms with van der Waals surface area (Å²) >= 11 is 0. The van der Waals surface area contributed by atoms with Gasteiger partial charge in [0.25, 0.3) is 15.9 Å². The third-order valence-corrected chi connectivity index (χ3v) is 12.9. The number of amides is 5. The van der Waals surface area contributed by atoms with Gasteiger partial charge in [-0.15, -0.1) is 6.58 Å². The molecule has 3 heterocycles. The molecule has 1 aliphatic carbocycles. The fourth-order valence-electron chi connectivity index (χ4n) is 8.14. The smallest absolute Gasteiger partial charge is 0.321 e. The molecule has 0 spiro atoms. The Bertz CT molecular complexity index is 2550. The molecule has 4 aromatic rings. The molecule has 5 atom stereocenters. The predicted octanol–water partition coefficient (Wildman–Crippen LogP) is 5.41. The zero-order valence-electron chi connectivity index (χ0n) is 36.5. The number of hydrogen-bond donors (Lipinski definition) is 3. The largest absolute Gasteiger partial charge is 0.497 e. The van der Waals surface area contributed by atoms with Gasteiger partial charge in [-0.2, -0.15) is 0 Å². The molecule has 2 fully saturated rings. The Kier molecular flexibility index (Phi) is 12.4. The van der Waals surface area contributed by atoms with Crippen molar-refractivity contribution in [3.8, 4) is 34.3 Å². The number of aromatic nitrogens is 1. The van der Waals surface area contributed by atoms with Crippen molar-refractivity contribution in [3.05, 3.63) is 85.5 Å². The Morgan fingerprint density at radius 3 is 2.37 bits per heavy atom. The molecular weight excluding hydrogens is 829 g/mol. The van der Waals surface area contributed by atoms with Crippen molar-refractivity contribution in [1.82, 2.24) is 30.1 Å². The number of carbonyl (C=O) groups excluding carboxylic acids is 4. The standard InChI is InChI=1S/C46H54N6O10S/c1-9-30-25-46(30,43(55)50-63(57,58)32-13-11-10-12-14-32)49-41(53)36(48-42(54)40(27(2)3)51-19-20-52(44(51)56)45(5,6)7)21-28(4)62-38-24-34(29-15-18-37-39(22-29)61-26-60-37)47-35-23-31(59-8)16-17-33(35)38/h9-18,22-24,27-28,30,36,40H,1,19-21,25-26H2,2-8H3,(H,48,54)(H,49,53)(H,50,55)/t28-,30+,36-,40-,46+/m0/s1. The van der Waals surface area contributed by atoms with E-state index in [2.05, 4.69) is 21.9 Å². The number of nitrogens with zero attached hydrogens (tertiary/aromatic N) is 3. The third-order valence-electron chi connectivity index (χ3n) is 11.6. The van der Waals surface area contributed by atoms with Crippen LogP contribution < -0.4 is 34.3 Å². The first-order valence-corrected chi connectivity index (χ1v) is 22.3. The van der Waals surface area contributed by atoms with Crippen LogP contribution in [0.4, 0.5) is 4.79 Å². The number of urea groups is 1. The van der Waals surface area contributed by atoms with E-state index in [-0.39, 0.29) is 36.5 Å². The molecule has 3 aromatic carbocycles. The van der Waals surface area contributed by atoms with Crippen molar-refractivity contribution in [3.63, 3.8) is 0 Å². The molecule has 0 bridgehead atoms. The predicted molar refractivity (Wildman–Crippen MR) is 235 cm³/mol. The topological polar surface area (TPSA) is 195 Å². The summed E-state index contributed by atoms with van der Waals surface area (Å²) in [5.74, 6) is -1.06. The van der Waals surface area contributed by atoms with Gasteiger partial charge >= 0.3 is 6.03 Å². The number of rotatable bonds is 16. The van der Waals surface area contributed by atoms with E-state index >= 15 is 0 Å². The molecule has 1 saturated heterocycles. The van der Waals surface area contributed by atoms with Gasteiger partial charge in [0, 0.05) is 54.0 Å². The first-order valence-electron chi connectivity index (χ1n) is 20.9. The second-order valence-corrected chi connectivity index (χ2v) is 19.1. The van der Waals surface area contributed by atoms with E-state index in [4.69, 9.17) is 23.9 Å². The summed E-state index contributed by atoms with van der Waals surface area (Å²) in [5.41, 5.74) is -0.314. The van der Waals surface area contributed by atoms with Gasteiger partial charge in [-0.25, -0.2) is 22.9 Å². The minimum atomic E-state index is -4.31. The van der Waals surface area contributed by atoms with Gasteiger partial charge in [-0.05, 0) is 82.5 Å². The van der Waals surface area contributed by atoms with Gasteiger partial charge in [-0.3, -0.25) is 14.4 Å². The molecule has 63 heavy (non-hydrogen) atoms. The highest BCUT2D eigenvalue weighted by Crippen LogP contribution is 2.45. The Morgan fingerprint density at radius 1 is 0.984 bits per heavy atom. The lowest BCUT2D eigenvalue weighted by atomic mass is 10.00. The van der Waals surface area contributed by atoms with Crippen molar-refractivity contribution in [2.24, 2.45) is 11.8 Å². The van der Waals surface area contributed by atoms with E-state index in [9.17, 15) is 27.6 Å². The van der Waals surface area contributed by atoms with Crippen LogP contribution in [0.25, 0.3) is 22.2 Å². The fourth-order valence-corrected chi connectivity index (χ4v) is 9.20. The maximum Gasteiger partial charge on any atom is 0.321 e. The second-order valence-electron chi connectivity index (χ2n) is 17.4. The quantitative estimate of drug-likeness (QED) is 0.122. The lowest BCUT2D eigenvalue weighted by Crippen LogP contribution is -2.60. The van der Waals surface area contributed by atoms with Crippen LogP contribution in [-0.4, -0.2) is 103 Å². The molecule has 1 saturated carbocycles. The summed E-state index contributed by atoms with van der Waals surface area (Å²) in [6, 6.07) is 17.5. The van der Waals surface area contributed by atoms with E-state index in [0.717, 1.165) is 5.56 Å². The molecule has 1 aromatic heterocycles. The minimum absolute atomic E-state index is 0.0692. The molecular formula is C46H54N6O10S. The lowest BCUT2D eigenvalue weighted by molar-refractivity contribution is -0.134. The zero-order valence-corrected chi connectivity index (χ0v) is 37.3. The van der Waals surface area contributed by atoms with E-state index in [1.165, 1.54) is 35.2 Å². The molecule has 3 N–H and O–H groups in total. The molecule has 16 nitrogen and oxygen atoms in total. The SMILES string of the molecule is C=C[C@@H]1C[C@]1(NC(=O)[C@H](C[C@H](C)Oc1cc(-c2ccc3c(c2)OCO3)nc2cc(OC)ccc12)NC(=O)[C@H](C(C)C)N1CCN(C(C)(C)C)C1=O)C(=O)NS(=O)(=O)c1ccccc1. The number of pyridine rings is 1. The summed E-state index contributed by atoms with van der Waals surface area (Å²) < 4.78 is 51.9. The number of methoxy groups -OCH3 is 1. The van der Waals surface area contributed by atoms with Crippen molar-refractivity contribution in [2.75, 3.05) is 27.0 Å². The van der Waals surface area contributed by atoms with Crippen molar-refractivity contribution >= 4 is 44.7 Å². The number of ether oxygens (including phenoxy) is 4. The van der Waals surface area contributed by atoms with Crippen LogP contribution in [0, 0.1) is 11.8 Å². The van der Waals surface area contributed by atoms with Crippen LogP contribution in [0.3, 0.4) is 0 Å². The molecule has 5 amide bonds. The first kappa shape index (κ1) is 44.7. The molecule has 0 radical (unpaired) electrons. The van der Waals surface area contributed by atoms with Crippen LogP contribution in [-0.2, 0) is 24.4 Å². The zero-order chi connectivity index (χ0) is 45.4. The minimum Gasteiger partial charge on any atom is -0.497 e. The Balaban J connectivity index is 1.20. The van der Waals surface area contributed by atoms with Crippen LogP contribution in [0.1, 0.15) is 54.4 Å². The molecule has 334 valence electrons. The average molecular weight is 883 g/mol. The van der Waals surface area contributed by atoms with E-state index in [1.807, 2.05) is 52.8 Å². The van der Waals surface area contributed by atoms with Gasteiger partial charge in [0.05, 0.1) is 29.3 Å². The highest BCUT2D eigenvalue weighted by molar-refractivity contribution is 7.90. The van der Waals surface area contributed by atoms with Crippen molar-refractivity contribution in [2.45, 2.75) is 88.5 Å². The van der Waals surface area contributed by atoms with Crippen LogP contribution in [0.5, 0.6) is 23.0 Å².